The summed E-state index contributed by atoms with van der Waals surface area (Å²) >= 11 is 1.33. The molecule has 0 unspecified atom stereocenters. The Morgan fingerprint density at radius 2 is 1.79 bits per heavy atom. The van der Waals surface area contributed by atoms with Crippen LogP contribution in [0, 0.1) is 6.92 Å². The van der Waals surface area contributed by atoms with Crippen LogP contribution < -0.4 is 10.1 Å². The van der Waals surface area contributed by atoms with Gasteiger partial charge in [-0.1, -0.05) is 59.4 Å². The molecule has 0 radical (unpaired) electrons. The van der Waals surface area contributed by atoms with Crippen molar-refractivity contribution < 1.29 is 9.53 Å². The summed E-state index contributed by atoms with van der Waals surface area (Å²) in [5.41, 5.74) is 2.11. The number of ether oxygens (including phenoxy) is 1. The molecule has 1 heterocycles. The first-order valence-electron chi connectivity index (χ1n) is 7.55. The molecule has 0 aliphatic heterocycles. The Bertz CT molecular complexity index is 816. The van der Waals surface area contributed by atoms with Crippen LogP contribution in [0.1, 0.15) is 12.5 Å². The molecule has 1 amide bonds. The summed E-state index contributed by atoms with van der Waals surface area (Å²) in [6, 6.07) is 17.3. The minimum absolute atomic E-state index is 0.258. The molecule has 0 spiro atoms. The molecular formula is C18H17N3O2S. The van der Waals surface area contributed by atoms with Crippen molar-refractivity contribution in [2.75, 3.05) is 5.32 Å². The van der Waals surface area contributed by atoms with Crippen molar-refractivity contribution in [3.63, 3.8) is 0 Å². The average Bonchev–Trinajstić information content (AvgIpc) is 3.06. The maximum Gasteiger partial charge on any atom is 0.266 e. The zero-order chi connectivity index (χ0) is 16.9. The molecule has 5 nitrogen and oxygen atoms in total. The number of aromatic nitrogens is 2. The Morgan fingerprint density at radius 1 is 1.08 bits per heavy atom. The first-order valence-corrected chi connectivity index (χ1v) is 8.36. The van der Waals surface area contributed by atoms with E-state index in [4.69, 9.17) is 4.74 Å². The molecule has 3 aromatic rings. The Balaban J connectivity index is 1.62. The number of amides is 1. The van der Waals surface area contributed by atoms with Crippen molar-refractivity contribution >= 4 is 22.4 Å². The van der Waals surface area contributed by atoms with Gasteiger partial charge in [0.2, 0.25) is 5.13 Å². The van der Waals surface area contributed by atoms with Gasteiger partial charge in [0, 0.05) is 5.56 Å². The number of rotatable bonds is 5. The van der Waals surface area contributed by atoms with Crippen molar-refractivity contribution in [2.45, 2.75) is 20.0 Å². The summed E-state index contributed by atoms with van der Waals surface area (Å²) in [5.74, 6) is 0.400. The van der Waals surface area contributed by atoms with Crippen LogP contribution in [0.5, 0.6) is 5.75 Å². The highest BCUT2D eigenvalue weighted by atomic mass is 32.1. The summed E-state index contributed by atoms with van der Waals surface area (Å²) < 4.78 is 5.64. The topological polar surface area (TPSA) is 64.1 Å². The fraction of sp³-hybridized carbons (Fsp3) is 0.167. The number of benzene rings is 2. The molecule has 3 rings (SSSR count). The highest BCUT2D eigenvalue weighted by Crippen LogP contribution is 2.26. The first kappa shape index (κ1) is 16.1. The summed E-state index contributed by atoms with van der Waals surface area (Å²) in [7, 11) is 0. The maximum atomic E-state index is 12.2. The van der Waals surface area contributed by atoms with Gasteiger partial charge in [0.05, 0.1) is 0 Å². The zero-order valence-electron chi connectivity index (χ0n) is 13.4. The average molecular weight is 339 g/mol. The third-order valence-electron chi connectivity index (χ3n) is 3.38. The van der Waals surface area contributed by atoms with Crippen molar-refractivity contribution in [2.24, 2.45) is 0 Å². The Morgan fingerprint density at radius 3 is 2.50 bits per heavy atom. The fourth-order valence-corrected chi connectivity index (χ4v) is 2.80. The third-order valence-corrected chi connectivity index (χ3v) is 4.27. The number of aryl methyl sites for hydroxylation is 1. The highest BCUT2D eigenvalue weighted by molar-refractivity contribution is 7.18. The second kappa shape index (κ2) is 7.23. The molecule has 0 aliphatic rings. The number of anilines is 1. The van der Waals surface area contributed by atoms with Crippen LogP contribution in [0.2, 0.25) is 0 Å². The molecular weight excluding hydrogens is 322 g/mol. The first-order chi connectivity index (χ1) is 11.6. The van der Waals surface area contributed by atoms with E-state index >= 15 is 0 Å². The summed E-state index contributed by atoms with van der Waals surface area (Å²) in [5, 5.41) is 12.1. The van der Waals surface area contributed by atoms with E-state index in [0.29, 0.717) is 10.9 Å². The predicted molar refractivity (Wildman–Crippen MR) is 95.2 cm³/mol. The molecule has 24 heavy (non-hydrogen) atoms. The van der Waals surface area contributed by atoms with E-state index in [1.165, 1.54) is 11.3 Å². The quantitative estimate of drug-likeness (QED) is 0.765. The molecule has 1 aromatic heterocycles. The number of hydrogen-bond donors (Lipinski definition) is 1. The molecule has 122 valence electrons. The van der Waals surface area contributed by atoms with Crippen LogP contribution in [0.3, 0.4) is 0 Å². The van der Waals surface area contributed by atoms with Crippen LogP contribution in [0.15, 0.2) is 54.6 Å². The molecule has 0 aliphatic carbocycles. The predicted octanol–water partition coefficient (Wildman–Crippen LogP) is 3.92. The van der Waals surface area contributed by atoms with E-state index in [1.54, 1.807) is 6.92 Å². The largest absolute Gasteiger partial charge is 0.481 e. The van der Waals surface area contributed by atoms with Gasteiger partial charge in [-0.2, -0.15) is 0 Å². The van der Waals surface area contributed by atoms with E-state index in [-0.39, 0.29) is 5.91 Å². The zero-order valence-corrected chi connectivity index (χ0v) is 14.2. The molecule has 0 bridgehead atoms. The monoisotopic (exact) mass is 339 g/mol. The molecule has 6 heteroatoms. The number of nitrogens with one attached hydrogen (secondary N) is 1. The van der Waals surface area contributed by atoms with Crippen LogP contribution >= 0.6 is 11.3 Å². The Labute approximate surface area is 144 Å². The number of carbonyl (C=O) groups excluding carboxylic acids is 1. The van der Waals surface area contributed by atoms with Gasteiger partial charge in [-0.3, -0.25) is 10.1 Å². The Hall–Kier alpha value is -2.73. The minimum atomic E-state index is -0.628. The minimum Gasteiger partial charge on any atom is -0.481 e. The number of nitrogens with zero attached hydrogens (tertiary/aromatic N) is 2. The van der Waals surface area contributed by atoms with Gasteiger partial charge >= 0.3 is 0 Å². The molecule has 0 saturated carbocycles. The van der Waals surface area contributed by atoms with Crippen LogP contribution in [-0.2, 0) is 4.79 Å². The smallest absolute Gasteiger partial charge is 0.266 e. The molecule has 0 fully saturated rings. The molecule has 0 saturated heterocycles. The second-order valence-corrected chi connectivity index (χ2v) is 6.32. The lowest BCUT2D eigenvalue weighted by Crippen LogP contribution is -2.30. The van der Waals surface area contributed by atoms with Gasteiger partial charge < -0.3 is 4.74 Å². The van der Waals surface area contributed by atoms with Gasteiger partial charge in [-0.05, 0) is 26.0 Å². The van der Waals surface area contributed by atoms with Crippen molar-refractivity contribution in [3.8, 4) is 16.3 Å². The molecule has 1 atom stereocenters. The fourth-order valence-electron chi connectivity index (χ4n) is 2.05. The standard InChI is InChI=1S/C18H17N3O2S/c1-12-8-10-15(11-9-12)23-13(2)16(22)19-18-21-20-17(24-18)14-6-4-3-5-7-14/h3-11,13H,1-2H3,(H,19,21,22)/t13-/m1/s1. The van der Waals surface area contributed by atoms with Gasteiger partial charge in [0.1, 0.15) is 10.8 Å². The van der Waals surface area contributed by atoms with Gasteiger partial charge in [0.15, 0.2) is 6.10 Å². The van der Waals surface area contributed by atoms with Crippen LogP contribution in [0.4, 0.5) is 5.13 Å². The highest BCUT2D eigenvalue weighted by Gasteiger charge is 2.17. The van der Waals surface area contributed by atoms with Crippen LogP contribution in [0.25, 0.3) is 10.6 Å². The second-order valence-electron chi connectivity index (χ2n) is 5.34. The van der Waals surface area contributed by atoms with E-state index in [0.717, 1.165) is 16.1 Å². The van der Waals surface area contributed by atoms with Crippen molar-refractivity contribution in [1.29, 1.82) is 0 Å². The van der Waals surface area contributed by atoms with E-state index in [9.17, 15) is 4.79 Å². The SMILES string of the molecule is Cc1ccc(O[C@H](C)C(=O)Nc2nnc(-c3ccccc3)s2)cc1. The maximum absolute atomic E-state index is 12.2. The number of carbonyl (C=O) groups is 1. The lowest BCUT2D eigenvalue weighted by atomic mass is 10.2. The van der Waals surface area contributed by atoms with Crippen LogP contribution in [-0.4, -0.2) is 22.2 Å². The van der Waals surface area contributed by atoms with Crippen molar-refractivity contribution in [3.05, 3.63) is 60.2 Å². The summed E-state index contributed by atoms with van der Waals surface area (Å²) in [4.78, 5) is 12.2. The van der Waals surface area contributed by atoms with E-state index < -0.39 is 6.10 Å². The summed E-state index contributed by atoms with van der Waals surface area (Å²) in [6.07, 6.45) is -0.628. The third kappa shape index (κ3) is 3.97. The number of hydrogen-bond acceptors (Lipinski definition) is 5. The lowest BCUT2D eigenvalue weighted by molar-refractivity contribution is -0.122. The van der Waals surface area contributed by atoms with Gasteiger partial charge in [-0.25, -0.2) is 0 Å². The molecule has 1 N–H and O–H groups in total. The van der Waals surface area contributed by atoms with Crippen molar-refractivity contribution in [1.82, 2.24) is 10.2 Å². The van der Waals surface area contributed by atoms with E-state index in [1.807, 2.05) is 61.5 Å². The van der Waals surface area contributed by atoms with E-state index in [2.05, 4.69) is 15.5 Å². The summed E-state index contributed by atoms with van der Waals surface area (Å²) in [6.45, 7) is 3.70. The molecule has 2 aromatic carbocycles. The normalized spacial score (nSPS) is 11.8. The Kier molecular flexibility index (Phi) is 4.86. The van der Waals surface area contributed by atoms with Gasteiger partial charge in [-0.15, -0.1) is 10.2 Å². The van der Waals surface area contributed by atoms with Gasteiger partial charge in [0.25, 0.3) is 5.91 Å². The lowest BCUT2D eigenvalue weighted by Gasteiger charge is -2.13.